The number of rotatable bonds is 10. The summed E-state index contributed by atoms with van der Waals surface area (Å²) in [5.74, 6) is -1.01. The molecule has 1 rings (SSSR count). The normalized spacial score (nSPS) is 18.0. The topological polar surface area (TPSA) is 102 Å². The van der Waals surface area contributed by atoms with Gasteiger partial charge >= 0.3 is 12.1 Å². The summed E-state index contributed by atoms with van der Waals surface area (Å²) in [6, 6.07) is 0. The molecule has 0 saturated heterocycles. The van der Waals surface area contributed by atoms with Gasteiger partial charge in [0.15, 0.2) is 0 Å². The second kappa shape index (κ2) is 10.2. The molecule has 1 unspecified atom stereocenters. The van der Waals surface area contributed by atoms with Gasteiger partial charge in [-0.15, -0.1) is 0 Å². The Morgan fingerprint density at radius 2 is 1.96 bits per heavy atom. The van der Waals surface area contributed by atoms with E-state index in [0.717, 1.165) is 38.4 Å². The number of aldehydes is 1. The van der Waals surface area contributed by atoms with Crippen LogP contribution in [0.1, 0.15) is 45.4 Å². The average Bonchev–Trinajstić information content (AvgIpc) is 2.52. The van der Waals surface area contributed by atoms with Crippen LogP contribution >= 0.6 is 0 Å². The van der Waals surface area contributed by atoms with Crippen molar-refractivity contribution in [2.24, 2.45) is 11.3 Å². The molecule has 1 aliphatic carbocycles. The third kappa shape index (κ3) is 7.97. The highest BCUT2D eigenvalue weighted by Gasteiger charge is 2.34. The molecule has 0 aliphatic heterocycles. The van der Waals surface area contributed by atoms with E-state index in [-0.39, 0.29) is 31.0 Å². The van der Waals surface area contributed by atoms with E-state index in [1.54, 1.807) is 6.92 Å². The Morgan fingerprint density at radius 1 is 1.26 bits per heavy atom. The number of nitrogens with one attached hydrogen (secondary N) is 1. The van der Waals surface area contributed by atoms with Gasteiger partial charge in [-0.2, -0.15) is 0 Å². The van der Waals surface area contributed by atoms with Crippen LogP contribution in [0.3, 0.4) is 0 Å². The highest BCUT2D eigenvalue weighted by atomic mass is 16.6. The first-order chi connectivity index (χ1) is 11.0. The summed E-state index contributed by atoms with van der Waals surface area (Å²) >= 11 is 0. The second-order valence-electron chi connectivity index (χ2n) is 6.31. The maximum atomic E-state index is 11.7. The Morgan fingerprint density at radius 3 is 2.57 bits per heavy atom. The first-order valence-electron chi connectivity index (χ1n) is 8.13. The Hall–Kier alpha value is -1.63. The van der Waals surface area contributed by atoms with Gasteiger partial charge in [0.05, 0.1) is 19.6 Å². The van der Waals surface area contributed by atoms with Crippen LogP contribution < -0.4 is 5.32 Å². The molecule has 1 fully saturated rings. The molecule has 0 spiro atoms. The molecule has 1 saturated carbocycles. The number of aliphatic carboxylic acids is 1. The van der Waals surface area contributed by atoms with Gasteiger partial charge in [-0.1, -0.05) is 26.2 Å². The Labute approximate surface area is 136 Å². The minimum atomic E-state index is -0.834. The maximum Gasteiger partial charge on any atom is 0.407 e. The van der Waals surface area contributed by atoms with E-state index in [2.05, 4.69) is 5.32 Å². The summed E-state index contributed by atoms with van der Waals surface area (Å²) in [7, 11) is 0. The first kappa shape index (κ1) is 19.4. The molecule has 7 heteroatoms. The lowest BCUT2D eigenvalue weighted by Gasteiger charge is -2.36. The van der Waals surface area contributed by atoms with Crippen molar-refractivity contribution in [3.8, 4) is 0 Å². The zero-order valence-corrected chi connectivity index (χ0v) is 13.7. The number of amides is 1. The molecule has 0 aromatic heterocycles. The average molecular weight is 329 g/mol. The number of carboxylic acids is 1. The Balaban J connectivity index is 2.24. The number of carboxylic acid groups (broad SMARTS) is 1. The Bertz CT molecular complexity index is 392. The number of ether oxygens (including phenoxy) is 2. The summed E-state index contributed by atoms with van der Waals surface area (Å²) in [6.45, 7) is 2.69. The van der Waals surface area contributed by atoms with E-state index in [1.807, 2.05) is 0 Å². The lowest BCUT2D eigenvalue weighted by atomic mass is 9.72. The van der Waals surface area contributed by atoms with E-state index in [9.17, 15) is 14.4 Å². The van der Waals surface area contributed by atoms with Gasteiger partial charge in [-0.3, -0.25) is 4.79 Å². The van der Waals surface area contributed by atoms with Crippen molar-refractivity contribution >= 4 is 18.3 Å². The number of hydrogen-bond donors (Lipinski definition) is 2. The summed E-state index contributed by atoms with van der Waals surface area (Å²) in [6.07, 6.45) is 5.03. The molecule has 0 heterocycles. The SMILES string of the molecule is CC(C=O)COCCOC(=O)NCC1(CC(=O)O)CCCCC1. The van der Waals surface area contributed by atoms with Gasteiger partial charge in [0.25, 0.3) is 0 Å². The van der Waals surface area contributed by atoms with Crippen LogP contribution in [-0.4, -0.2) is 49.8 Å². The molecule has 132 valence electrons. The smallest absolute Gasteiger partial charge is 0.407 e. The van der Waals surface area contributed by atoms with E-state index in [4.69, 9.17) is 14.6 Å². The van der Waals surface area contributed by atoms with Crippen molar-refractivity contribution < 1.29 is 29.0 Å². The van der Waals surface area contributed by atoms with Crippen molar-refractivity contribution in [2.75, 3.05) is 26.4 Å². The summed E-state index contributed by atoms with van der Waals surface area (Å²) < 4.78 is 10.2. The molecule has 1 aliphatic rings. The predicted molar refractivity (Wildman–Crippen MR) is 83.2 cm³/mol. The van der Waals surface area contributed by atoms with Crippen LogP contribution in [0.25, 0.3) is 0 Å². The second-order valence-corrected chi connectivity index (χ2v) is 6.31. The molecule has 7 nitrogen and oxygen atoms in total. The van der Waals surface area contributed by atoms with Gasteiger partial charge in [-0.25, -0.2) is 4.79 Å². The fourth-order valence-electron chi connectivity index (χ4n) is 2.85. The molecule has 2 N–H and O–H groups in total. The number of hydrogen-bond acceptors (Lipinski definition) is 5. The largest absolute Gasteiger partial charge is 0.481 e. The zero-order valence-electron chi connectivity index (χ0n) is 13.7. The van der Waals surface area contributed by atoms with E-state index in [1.165, 1.54) is 0 Å². The minimum Gasteiger partial charge on any atom is -0.481 e. The van der Waals surface area contributed by atoms with Crippen molar-refractivity contribution in [3.05, 3.63) is 0 Å². The molecule has 23 heavy (non-hydrogen) atoms. The van der Waals surface area contributed by atoms with Crippen molar-refractivity contribution in [3.63, 3.8) is 0 Å². The maximum absolute atomic E-state index is 11.7. The van der Waals surface area contributed by atoms with Gasteiger partial charge in [0.1, 0.15) is 12.9 Å². The summed E-state index contributed by atoms with van der Waals surface area (Å²) in [4.78, 5) is 33.1. The fourth-order valence-corrected chi connectivity index (χ4v) is 2.85. The quantitative estimate of drug-likeness (QED) is 0.469. The summed E-state index contributed by atoms with van der Waals surface area (Å²) in [5, 5.41) is 11.7. The van der Waals surface area contributed by atoms with Gasteiger partial charge in [0.2, 0.25) is 0 Å². The van der Waals surface area contributed by atoms with Crippen LogP contribution in [0.4, 0.5) is 4.79 Å². The number of carbonyl (C=O) groups is 3. The highest BCUT2D eigenvalue weighted by molar-refractivity contribution is 5.69. The molecule has 0 radical (unpaired) electrons. The monoisotopic (exact) mass is 329 g/mol. The summed E-state index contributed by atoms with van der Waals surface area (Å²) in [5.41, 5.74) is -0.362. The van der Waals surface area contributed by atoms with Crippen LogP contribution in [0.15, 0.2) is 0 Å². The highest BCUT2D eigenvalue weighted by Crippen LogP contribution is 2.38. The van der Waals surface area contributed by atoms with Crippen LogP contribution in [0.2, 0.25) is 0 Å². The molecular weight excluding hydrogens is 302 g/mol. The first-order valence-corrected chi connectivity index (χ1v) is 8.13. The van der Waals surface area contributed by atoms with Gasteiger partial charge < -0.3 is 24.7 Å². The van der Waals surface area contributed by atoms with Gasteiger partial charge in [0, 0.05) is 12.5 Å². The standard InChI is InChI=1S/C16H27NO6/c1-13(10-18)11-22-7-8-23-15(21)17-12-16(9-14(19)20)5-3-2-4-6-16/h10,13H,2-9,11-12H2,1H3,(H,17,21)(H,19,20). The molecule has 1 atom stereocenters. The third-order valence-corrected chi connectivity index (χ3v) is 4.12. The molecule has 1 amide bonds. The molecule has 0 aromatic carbocycles. The van der Waals surface area contributed by atoms with Crippen molar-refractivity contribution in [1.82, 2.24) is 5.32 Å². The van der Waals surface area contributed by atoms with E-state index >= 15 is 0 Å². The fraction of sp³-hybridized carbons (Fsp3) is 0.812. The third-order valence-electron chi connectivity index (χ3n) is 4.12. The molecular formula is C16H27NO6. The lowest BCUT2D eigenvalue weighted by Crippen LogP contribution is -2.40. The van der Waals surface area contributed by atoms with E-state index < -0.39 is 12.1 Å². The van der Waals surface area contributed by atoms with Crippen LogP contribution in [-0.2, 0) is 19.1 Å². The van der Waals surface area contributed by atoms with Crippen molar-refractivity contribution in [2.45, 2.75) is 45.4 Å². The lowest BCUT2D eigenvalue weighted by molar-refractivity contribution is -0.140. The minimum absolute atomic E-state index is 0.0694. The molecule has 0 bridgehead atoms. The molecule has 0 aromatic rings. The Kier molecular flexibility index (Phi) is 8.61. The predicted octanol–water partition coefficient (Wildman–Crippen LogP) is 1.99. The van der Waals surface area contributed by atoms with Crippen molar-refractivity contribution in [1.29, 1.82) is 0 Å². The van der Waals surface area contributed by atoms with E-state index in [0.29, 0.717) is 13.2 Å². The van der Waals surface area contributed by atoms with Crippen LogP contribution in [0, 0.1) is 11.3 Å². The van der Waals surface area contributed by atoms with Crippen LogP contribution in [0.5, 0.6) is 0 Å². The number of alkyl carbamates (subject to hydrolysis) is 1. The number of carbonyl (C=O) groups excluding carboxylic acids is 2. The zero-order chi connectivity index (χ0) is 17.1. The van der Waals surface area contributed by atoms with Gasteiger partial charge in [-0.05, 0) is 18.3 Å².